The summed E-state index contributed by atoms with van der Waals surface area (Å²) in [7, 11) is 0. The molecule has 0 unspecified atom stereocenters. The Kier molecular flexibility index (Phi) is 1.93. The van der Waals surface area contributed by atoms with Crippen LogP contribution < -0.4 is 0 Å². The number of nitrogens with one attached hydrogen (secondary N) is 2. The summed E-state index contributed by atoms with van der Waals surface area (Å²) >= 11 is 0. The number of aromatic nitrogens is 7. The maximum Gasteiger partial charge on any atom is 0.181 e. The lowest BCUT2D eigenvalue weighted by molar-refractivity contribution is 1.01. The molecule has 78 valence electrons. The fraction of sp³-hybridized carbons (Fsp3) is 0. The van der Waals surface area contributed by atoms with Gasteiger partial charge in [0, 0.05) is 12.4 Å². The average molecular weight is 213 g/mol. The molecule has 0 aliphatic heterocycles. The van der Waals surface area contributed by atoms with Crippen LogP contribution in [0.3, 0.4) is 0 Å². The third-order valence-electron chi connectivity index (χ3n) is 2.06. The van der Waals surface area contributed by atoms with Gasteiger partial charge in [0.05, 0.1) is 0 Å². The summed E-state index contributed by atoms with van der Waals surface area (Å²) in [5.41, 5.74) is 1.51. The van der Waals surface area contributed by atoms with Gasteiger partial charge in [-0.05, 0) is 12.1 Å². The molecule has 0 saturated carbocycles. The van der Waals surface area contributed by atoms with E-state index in [1.54, 1.807) is 24.5 Å². The van der Waals surface area contributed by atoms with E-state index in [1.807, 2.05) is 0 Å². The van der Waals surface area contributed by atoms with Crippen molar-refractivity contribution in [1.29, 1.82) is 0 Å². The second-order valence-corrected chi connectivity index (χ2v) is 3.07. The van der Waals surface area contributed by atoms with Crippen LogP contribution in [0.1, 0.15) is 0 Å². The predicted molar refractivity (Wildman–Crippen MR) is 55.0 cm³/mol. The van der Waals surface area contributed by atoms with Gasteiger partial charge in [0.25, 0.3) is 0 Å². The van der Waals surface area contributed by atoms with Crippen molar-refractivity contribution >= 4 is 0 Å². The second kappa shape index (κ2) is 3.54. The number of hydrogen-bond acceptors (Lipinski definition) is 5. The zero-order valence-corrected chi connectivity index (χ0v) is 8.12. The molecule has 16 heavy (non-hydrogen) atoms. The summed E-state index contributed by atoms with van der Waals surface area (Å²) in [6, 6.07) is 3.60. The molecule has 0 bridgehead atoms. The maximum absolute atomic E-state index is 4.29. The predicted octanol–water partition coefficient (Wildman–Crippen LogP) is 0.652. The normalized spacial score (nSPS) is 10.5. The van der Waals surface area contributed by atoms with Gasteiger partial charge in [-0.3, -0.25) is 10.2 Å². The van der Waals surface area contributed by atoms with E-state index in [9.17, 15) is 0 Å². The summed E-state index contributed by atoms with van der Waals surface area (Å²) in [6.07, 6.45) is 4.75. The van der Waals surface area contributed by atoms with Crippen molar-refractivity contribution in [2.75, 3.05) is 0 Å². The van der Waals surface area contributed by atoms with Crippen LogP contribution in [-0.4, -0.2) is 35.3 Å². The summed E-state index contributed by atoms with van der Waals surface area (Å²) in [4.78, 5) is 12.4. The Morgan fingerprint density at radius 2 is 1.38 bits per heavy atom. The Morgan fingerprint density at radius 3 is 1.81 bits per heavy atom. The molecule has 3 rings (SSSR count). The highest BCUT2D eigenvalue weighted by molar-refractivity contribution is 5.53. The Morgan fingerprint density at radius 1 is 0.812 bits per heavy atom. The molecular formula is C9H7N7. The molecule has 3 heterocycles. The van der Waals surface area contributed by atoms with Crippen molar-refractivity contribution in [2.24, 2.45) is 0 Å². The molecule has 3 aromatic heterocycles. The maximum atomic E-state index is 4.29. The van der Waals surface area contributed by atoms with Crippen LogP contribution in [0.25, 0.3) is 23.0 Å². The number of nitrogens with zero attached hydrogens (tertiary/aromatic N) is 5. The van der Waals surface area contributed by atoms with E-state index in [0.717, 1.165) is 11.4 Å². The average Bonchev–Trinajstić information content (AvgIpc) is 3.03. The highest BCUT2D eigenvalue weighted by atomic mass is 15.2. The minimum Gasteiger partial charge on any atom is -0.275 e. The summed E-state index contributed by atoms with van der Waals surface area (Å²) in [6.45, 7) is 0. The van der Waals surface area contributed by atoms with Gasteiger partial charge in [-0.25, -0.2) is 15.0 Å². The van der Waals surface area contributed by atoms with Gasteiger partial charge in [0.2, 0.25) is 0 Å². The Balaban J connectivity index is 2.07. The first-order valence-electron chi connectivity index (χ1n) is 4.62. The zero-order valence-electron chi connectivity index (χ0n) is 8.12. The van der Waals surface area contributed by atoms with Gasteiger partial charge in [-0.15, -0.1) is 0 Å². The van der Waals surface area contributed by atoms with E-state index >= 15 is 0 Å². The molecule has 0 fully saturated rings. The Labute approximate surface area is 90.0 Å². The van der Waals surface area contributed by atoms with Crippen molar-refractivity contribution in [3.8, 4) is 23.0 Å². The monoisotopic (exact) mass is 213 g/mol. The molecule has 0 aliphatic rings. The molecule has 0 spiro atoms. The topological polar surface area (TPSA) is 96.0 Å². The molecule has 2 N–H and O–H groups in total. The molecule has 0 aliphatic carbocycles. The fourth-order valence-electron chi connectivity index (χ4n) is 1.32. The van der Waals surface area contributed by atoms with Crippen LogP contribution in [0.5, 0.6) is 0 Å². The van der Waals surface area contributed by atoms with Gasteiger partial charge in [-0.2, -0.15) is 10.2 Å². The van der Waals surface area contributed by atoms with Crippen LogP contribution in [0.15, 0.2) is 30.9 Å². The molecule has 0 amide bonds. The van der Waals surface area contributed by atoms with E-state index in [4.69, 9.17) is 0 Å². The Hall–Kier alpha value is -2.57. The third kappa shape index (κ3) is 1.44. The number of rotatable bonds is 2. The van der Waals surface area contributed by atoms with E-state index in [2.05, 4.69) is 35.3 Å². The van der Waals surface area contributed by atoms with E-state index in [0.29, 0.717) is 11.6 Å². The lowest BCUT2D eigenvalue weighted by Gasteiger charge is -1.98. The largest absolute Gasteiger partial charge is 0.275 e. The molecule has 3 aromatic rings. The van der Waals surface area contributed by atoms with E-state index in [-0.39, 0.29) is 0 Å². The quantitative estimate of drug-likeness (QED) is 0.651. The molecule has 7 heteroatoms. The van der Waals surface area contributed by atoms with Gasteiger partial charge in [-0.1, -0.05) is 0 Å². The number of H-pyrrole nitrogens is 2. The summed E-state index contributed by atoms with van der Waals surface area (Å²) in [5.74, 6) is 1.11. The van der Waals surface area contributed by atoms with Crippen molar-refractivity contribution in [3.05, 3.63) is 30.9 Å². The lowest BCUT2D eigenvalue weighted by atomic mass is 10.4. The molecular weight excluding hydrogens is 206 g/mol. The van der Waals surface area contributed by atoms with Gasteiger partial charge in [0.15, 0.2) is 11.6 Å². The van der Waals surface area contributed by atoms with Crippen LogP contribution >= 0.6 is 0 Å². The molecule has 7 nitrogen and oxygen atoms in total. The summed E-state index contributed by atoms with van der Waals surface area (Å²) in [5, 5.41) is 13.3. The second-order valence-electron chi connectivity index (χ2n) is 3.07. The number of aromatic amines is 2. The van der Waals surface area contributed by atoms with Gasteiger partial charge in [0.1, 0.15) is 17.7 Å². The minimum absolute atomic E-state index is 0.553. The van der Waals surface area contributed by atoms with Crippen LogP contribution in [0.4, 0.5) is 0 Å². The van der Waals surface area contributed by atoms with Gasteiger partial charge < -0.3 is 0 Å². The SMILES string of the molecule is c1cc(-c2ncnc(-c3ccn[nH]3)n2)[nH]n1. The van der Waals surface area contributed by atoms with Crippen molar-refractivity contribution < 1.29 is 0 Å². The lowest BCUT2D eigenvalue weighted by Crippen LogP contribution is -1.95. The number of hydrogen-bond donors (Lipinski definition) is 2. The first-order valence-corrected chi connectivity index (χ1v) is 4.62. The third-order valence-corrected chi connectivity index (χ3v) is 2.06. The summed E-state index contributed by atoms with van der Waals surface area (Å²) < 4.78 is 0. The molecule has 0 aromatic carbocycles. The first kappa shape index (κ1) is 8.72. The highest BCUT2D eigenvalue weighted by Gasteiger charge is 2.07. The molecule has 0 saturated heterocycles. The van der Waals surface area contributed by atoms with Crippen LogP contribution in [-0.2, 0) is 0 Å². The van der Waals surface area contributed by atoms with E-state index < -0.39 is 0 Å². The smallest absolute Gasteiger partial charge is 0.181 e. The van der Waals surface area contributed by atoms with Crippen LogP contribution in [0, 0.1) is 0 Å². The fourth-order valence-corrected chi connectivity index (χ4v) is 1.32. The van der Waals surface area contributed by atoms with E-state index in [1.165, 1.54) is 6.33 Å². The molecule has 0 atom stereocenters. The Bertz CT molecular complexity index is 520. The van der Waals surface area contributed by atoms with Crippen molar-refractivity contribution in [1.82, 2.24) is 35.3 Å². The molecule has 0 radical (unpaired) electrons. The van der Waals surface area contributed by atoms with Crippen molar-refractivity contribution in [2.45, 2.75) is 0 Å². The zero-order chi connectivity index (χ0) is 10.8. The van der Waals surface area contributed by atoms with Gasteiger partial charge >= 0.3 is 0 Å². The van der Waals surface area contributed by atoms with Crippen molar-refractivity contribution in [3.63, 3.8) is 0 Å². The minimum atomic E-state index is 0.553. The standard InChI is InChI=1S/C9H7N7/c1-3-12-15-6(1)8-10-5-11-9(14-8)7-2-4-13-16-7/h1-5H,(H,12,15)(H,13,16). The highest BCUT2D eigenvalue weighted by Crippen LogP contribution is 2.14. The first-order chi connectivity index (χ1) is 7.93. The van der Waals surface area contributed by atoms with Crippen LogP contribution in [0.2, 0.25) is 0 Å².